The summed E-state index contributed by atoms with van der Waals surface area (Å²) >= 11 is 0. The van der Waals surface area contributed by atoms with Crippen molar-refractivity contribution >= 4 is 0 Å². The van der Waals surface area contributed by atoms with Gasteiger partial charge in [-0.3, -0.25) is 0 Å². The van der Waals surface area contributed by atoms with Crippen LogP contribution in [-0.2, 0) is 6.42 Å². The summed E-state index contributed by atoms with van der Waals surface area (Å²) < 4.78 is 25.1. The van der Waals surface area contributed by atoms with Crippen molar-refractivity contribution in [1.82, 2.24) is 4.98 Å². The second-order valence-electron chi connectivity index (χ2n) is 2.91. The van der Waals surface area contributed by atoms with Crippen LogP contribution in [0.5, 0.6) is 0 Å². The summed E-state index contributed by atoms with van der Waals surface area (Å²) in [5, 5.41) is 17.2. The predicted molar refractivity (Wildman–Crippen MR) is 48.0 cm³/mol. The molecule has 1 heterocycles. The van der Waals surface area contributed by atoms with Gasteiger partial charge in [-0.2, -0.15) is 10.5 Å². The number of alkyl halides is 2. The van der Waals surface area contributed by atoms with E-state index in [0.717, 1.165) is 6.20 Å². The molecule has 0 N–H and O–H groups in total. The van der Waals surface area contributed by atoms with Gasteiger partial charge in [0.05, 0.1) is 12.5 Å². The summed E-state index contributed by atoms with van der Waals surface area (Å²) in [6.45, 7) is 1.52. The smallest absolute Gasteiger partial charge is 0.245 e. The van der Waals surface area contributed by atoms with Gasteiger partial charge in [-0.05, 0) is 18.1 Å². The van der Waals surface area contributed by atoms with E-state index in [1.807, 2.05) is 0 Å². The van der Waals surface area contributed by atoms with Crippen molar-refractivity contribution < 1.29 is 8.78 Å². The van der Waals surface area contributed by atoms with E-state index in [4.69, 9.17) is 10.5 Å². The molecule has 1 aromatic rings. The topological polar surface area (TPSA) is 60.5 Å². The average Bonchev–Trinajstić information content (AvgIpc) is 2.20. The number of aromatic nitrogens is 1. The quantitative estimate of drug-likeness (QED) is 0.747. The van der Waals surface area contributed by atoms with Crippen molar-refractivity contribution in [2.75, 3.05) is 0 Å². The molecule has 0 spiro atoms. The summed E-state index contributed by atoms with van der Waals surface area (Å²) in [5.74, 6) is 0. The third-order valence-corrected chi connectivity index (χ3v) is 2.09. The molecule has 3 nitrogen and oxygen atoms in total. The van der Waals surface area contributed by atoms with Crippen LogP contribution >= 0.6 is 0 Å². The van der Waals surface area contributed by atoms with Crippen molar-refractivity contribution in [3.63, 3.8) is 0 Å². The number of hydrogen-bond donors (Lipinski definition) is 0. The summed E-state index contributed by atoms with van der Waals surface area (Å²) in [7, 11) is 0. The van der Waals surface area contributed by atoms with E-state index in [9.17, 15) is 8.78 Å². The van der Waals surface area contributed by atoms with Crippen LogP contribution in [0.25, 0.3) is 0 Å². The van der Waals surface area contributed by atoms with Crippen LogP contribution in [0, 0.1) is 29.6 Å². The Morgan fingerprint density at radius 2 is 2.13 bits per heavy atom. The SMILES string of the molecule is Cc1c(C#N)ncc(C(F)F)c1CC#N. The van der Waals surface area contributed by atoms with Crippen molar-refractivity contribution in [3.05, 3.63) is 28.6 Å². The molecule has 0 radical (unpaired) electrons. The molecule has 0 aromatic carbocycles. The normalized spacial score (nSPS) is 9.73. The van der Waals surface area contributed by atoms with Gasteiger partial charge in [0.2, 0.25) is 0 Å². The van der Waals surface area contributed by atoms with Crippen LogP contribution in [0.2, 0.25) is 0 Å². The third kappa shape index (κ3) is 2.08. The zero-order valence-corrected chi connectivity index (χ0v) is 7.96. The van der Waals surface area contributed by atoms with Crippen molar-refractivity contribution in [2.24, 2.45) is 0 Å². The lowest BCUT2D eigenvalue weighted by atomic mass is 10.0. The molecule has 0 amide bonds. The molecule has 0 fully saturated rings. The Kier molecular flexibility index (Phi) is 3.30. The highest BCUT2D eigenvalue weighted by atomic mass is 19.3. The van der Waals surface area contributed by atoms with Gasteiger partial charge in [0.1, 0.15) is 11.8 Å². The van der Waals surface area contributed by atoms with Gasteiger partial charge in [-0.1, -0.05) is 0 Å². The van der Waals surface area contributed by atoms with E-state index in [2.05, 4.69) is 4.98 Å². The number of halogens is 2. The molecule has 0 aliphatic rings. The minimum absolute atomic E-state index is 0.0876. The first-order valence-electron chi connectivity index (χ1n) is 4.15. The first kappa shape index (κ1) is 11.1. The lowest BCUT2D eigenvalue weighted by Gasteiger charge is -2.09. The summed E-state index contributed by atoms with van der Waals surface area (Å²) in [4.78, 5) is 3.61. The average molecular weight is 207 g/mol. The van der Waals surface area contributed by atoms with Gasteiger partial charge in [0.25, 0.3) is 6.43 Å². The molecule has 76 valence electrons. The Morgan fingerprint density at radius 1 is 1.47 bits per heavy atom. The minimum atomic E-state index is -2.67. The fourth-order valence-electron chi connectivity index (χ4n) is 1.28. The molecular formula is C10H7F2N3. The van der Waals surface area contributed by atoms with Gasteiger partial charge in [-0.25, -0.2) is 13.8 Å². The van der Waals surface area contributed by atoms with E-state index < -0.39 is 6.43 Å². The van der Waals surface area contributed by atoms with Crippen molar-refractivity contribution in [3.8, 4) is 12.1 Å². The van der Waals surface area contributed by atoms with Crippen LogP contribution in [0.3, 0.4) is 0 Å². The highest BCUT2D eigenvalue weighted by Gasteiger charge is 2.17. The fraction of sp³-hybridized carbons (Fsp3) is 0.300. The van der Waals surface area contributed by atoms with E-state index in [-0.39, 0.29) is 23.2 Å². The van der Waals surface area contributed by atoms with Gasteiger partial charge >= 0.3 is 0 Å². The van der Waals surface area contributed by atoms with Gasteiger partial charge < -0.3 is 0 Å². The number of nitrogens with zero attached hydrogens (tertiary/aromatic N) is 3. The first-order chi connectivity index (χ1) is 7.11. The molecule has 0 saturated carbocycles. The molecule has 0 bridgehead atoms. The molecule has 1 aromatic heterocycles. The van der Waals surface area contributed by atoms with Gasteiger partial charge in [-0.15, -0.1) is 0 Å². The Labute approximate surface area is 85.6 Å². The van der Waals surface area contributed by atoms with E-state index in [1.165, 1.54) is 6.92 Å². The largest absolute Gasteiger partial charge is 0.265 e. The number of rotatable bonds is 2. The van der Waals surface area contributed by atoms with Gasteiger partial charge in [0, 0.05) is 11.8 Å². The second-order valence-corrected chi connectivity index (χ2v) is 2.91. The van der Waals surface area contributed by atoms with Gasteiger partial charge in [0.15, 0.2) is 0 Å². The molecule has 0 atom stereocenters. The molecule has 1 rings (SSSR count). The lowest BCUT2D eigenvalue weighted by Crippen LogP contribution is -2.02. The fourth-order valence-corrected chi connectivity index (χ4v) is 1.28. The number of pyridine rings is 1. The Bertz CT molecular complexity index is 455. The first-order valence-corrected chi connectivity index (χ1v) is 4.15. The van der Waals surface area contributed by atoms with E-state index in [0.29, 0.717) is 5.56 Å². The van der Waals surface area contributed by atoms with Crippen LogP contribution in [-0.4, -0.2) is 4.98 Å². The lowest BCUT2D eigenvalue weighted by molar-refractivity contribution is 0.150. The van der Waals surface area contributed by atoms with Crippen molar-refractivity contribution in [2.45, 2.75) is 19.8 Å². The molecule has 0 unspecified atom stereocenters. The van der Waals surface area contributed by atoms with Crippen LogP contribution in [0.1, 0.15) is 28.8 Å². The molecule has 0 aliphatic heterocycles. The number of hydrogen-bond acceptors (Lipinski definition) is 3. The number of nitriles is 2. The predicted octanol–water partition coefficient (Wildman–Crippen LogP) is 2.27. The third-order valence-electron chi connectivity index (χ3n) is 2.09. The maximum absolute atomic E-state index is 12.5. The zero-order chi connectivity index (χ0) is 11.4. The molecule has 0 saturated heterocycles. The Hall–Kier alpha value is -2.01. The summed E-state index contributed by atoms with van der Waals surface area (Å²) in [6.07, 6.45) is -1.85. The minimum Gasteiger partial charge on any atom is -0.245 e. The van der Waals surface area contributed by atoms with Crippen molar-refractivity contribution in [1.29, 1.82) is 10.5 Å². The molecular weight excluding hydrogens is 200 g/mol. The second kappa shape index (κ2) is 4.47. The van der Waals surface area contributed by atoms with Crippen LogP contribution in [0.4, 0.5) is 8.78 Å². The molecule has 15 heavy (non-hydrogen) atoms. The van der Waals surface area contributed by atoms with Crippen LogP contribution in [0.15, 0.2) is 6.20 Å². The molecule has 5 heteroatoms. The Balaban J connectivity index is 3.40. The standard InChI is InChI=1S/C10H7F2N3/c1-6-7(2-3-13)8(10(11)12)5-15-9(6)4-14/h5,10H,2H2,1H3. The van der Waals surface area contributed by atoms with Crippen LogP contribution < -0.4 is 0 Å². The maximum atomic E-state index is 12.5. The molecule has 0 aliphatic carbocycles. The Morgan fingerprint density at radius 3 is 2.60 bits per heavy atom. The highest BCUT2D eigenvalue weighted by Crippen LogP contribution is 2.25. The monoisotopic (exact) mass is 207 g/mol. The summed E-state index contributed by atoms with van der Waals surface area (Å²) in [6, 6.07) is 3.60. The zero-order valence-electron chi connectivity index (χ0n) is 7.96. The van der Waals surface area contributed by atoms with E-state index in [1.54, 1.807) is 12.1 Å². The summed E-state index contributed by atoms with van der Waals surface area (Å²) in [5.41, 5.74) is 0.383. The highest BCUT2D eigenvalue weighted by molar-refractivity contribution is 5.42. The van der Waals surface area contributed by atoms with E-state index >= 15 is 0 Å². The maximum Gasteiger partial charge on any atom is 0.265 e.